The van der Waals surface area contributed by atoms with Gasteiger partial charge in [0.25, 0.3) is 0 Å². The van der Waals surface area contributed by atoms with Gasteiger partial charge in [-0.15, -0.1) is 0 Å². The molecule has 1 atom stereocenters. The largest absolute Gasteiger partial charge is 0.389 e. The first kappa shape index (κ1) is 20.3. The van der Waals surface area contributed by atoms with Crippen molar-refractivity contribution in [2.75, 3.05) is 11.9 Å². The van der Waals surface area contributed by atoms with Gasteiger partial charge in [0, 0.05) is 46.2 Å². The molecule has 0 aliphatic carbocycles. The van der Waals surface area contributed by atoms with Crippen LogP contribution in [0.1, 0.15) is 5.56 Å². The highest BCUT2D eigenvalue weighted by Crippen LogP contribution is 2.32. The summed E-state index contributed by atoms with van der Waals surface area (Å²) in [5.74, 6) is 0. The quantitative estimate of drug-likeness (QED) is 0.254. The fraction of sp³-hybridized carbons (Fsp3) is 0.182. The average molecular weight is 617 g/mol. The molecule has 0 fully saturated rings. The van der Waals surface area contributed by atoms with Crippen LogP contribution in [-0.4, -0.2) is 22.3 Å². The van der Waals surface area contributed by atoms with E-state index in [0.717, 1.165) is 27.3 Å². The summed E-state index contributed by atoms with van der Waals surface area (Å²) >= 11 is 10.9. The summed E-state index contributed by atoms with van der Waals surface area (Å²) in [6.45, 7) is 2.96. The van der Waals surface area contributed by atoms with Crippen LogP contribution in [0.2, 0.25) is 5.02 Å². The monoisotopic (exact) mass is 616 g/mol. The molecule has 2 N–H and O–H groups in total. The third-order valence-electron chi connectivity index (χ3n) is 4.98. The van der Waals surface area contributed by atoms with E-state index in [9.17, 15) is 5.11 Å². The number of benzene rings is 3. The Kier molecular flexibility index (Phi) is 6.06. The van der Waals surface area contributed by atoms with Gasteiger partial charge >= 0.3 is 0 Å². The fourth-order valence-corrected chi connectivity index (χ4v) is 4.70. The second-order valence-electron chi connectivity index (χ2n) is 6.88. The molecular weight excluding hydrogens is 598 g/mol. The Labute approximate surface area is 196 Å². The SMILES string of the molecule is Cc1c(Cl)cccc1NC[C@@H](O)Cn1c2ccc(I)cc2c2cc(I)ccc21. The van der Waals surface area contributed by atoms with E-state index < -0.39 is 6.10 Å². The zero-order valence-corrected chi connectivity index (χ0v) is 20.3. The molecule has 0 amide bonds. The van der Waals surface area contributed by atoms with Gasteiger partial charge in [-0.05, 0) is 106 Å². The number of nitrogens with zero attached hydrogens (tertiary/aromatic N) is 1. The summed E-state index contributed by atoms with van der Waals surface area (Å²) in [5, 5.41) is 17.3. The van der Waals surface area contributed by atoms with Crippen molar-refractivity contribution in [3.63, 3.8) is 0 Å². The minimum Gasteiger partial charge on any atom is -0.389 e. The summed E-state index contributed by atoms with van der Waals surface area (Å²) in [5.41, 5.74) is 4.25. The van der Waals surface area contributed by atoms with E-state index in [1.165, 1.54) is 17.9 Å². The van der Waals surface area contributed by atoms with Crippen LogP contribution in [0.5, 0.6) is 0 Å². The first-order chi connectivity index (χ1) is 13.4. The molecule has 0 spiro atoms. The van der Waals surface area contributed by atoms with Gasteiger partial charge in [-0.25, -0.2) is 0 Å². The maximum absolute atomic E-state index is 10.8. The number of aliphatic hydroxyl groups excluding tert-OH is 1. The first-order valence-corrected chi connectivity index (χ1v) is 11.5. The van der Waals surface area contributed by atoms with Crippen molar-refractivity contribution < 1.29 is 5.11 Å². The highest BCUT2D eigenvalue weighted by atomic mass is 127. The lowest BCUT2D eigenvalue weighted by Crippen LogP contribution is -2.25. The van der Waals surface area contributed by atoms with E-state index in [0.29, 0.717) is 13.1 Å². The Morgan fingerprint density at radius 3 is 2.21 bits per heavy atom. The Balaban J connectivity index is 1.64. The van der Waals surface area contributed by atoms with E-state index in [-0.39, 0.29) is 0 Å². The van der Waals surface area contributed by atoms with Crippen LogP contribution < -0.4 is 5.32 Å². The van der Waals surface area contributed by atoms with Crippen LogP contribution in [0.15, 0.2) is 54.6 Å². The summed E-state index contributed by atoms with van der Waals surface area (Å²) in [6, 6.07) is 18.7. The molecule has 3 nitrogen and oxygen atoms in total. The van der Waals surface area contributed by atoms with Crippen LogP contribution in [0.3, 0.4) is 0 Å². The zero-order valence-electron chi connectivity index (χ0n) is 15.2. The second-order valence-corrected chi connectivity index (χ2v) is 9.78. The third kappa shape index (κ3) is 3.99. The van der Waals surface area contributed by atoms with Crippen molar-refractivity contribution in [2.24, 2.45) is 0 Å². The molecule has 0 aliphatic heterocycles. The van der Waals surface area contributed by atoms with Gasteiger partial charge in [0.05, 0.1) is 12.6 Å². The number of hydrogen-bond donors (Lipinski definition) is 2. The van der Waals surface area contributed by atoms with Crippen molar-refractivity contribution in [3.8, 4) is 0 Å². The lowest BCUT2D eigenvalue weighted by Gasteiger charge is -2.17. The fourth-order valence-electron chi connectivity index (χ4n) is 3.55. The molecule has 4 aromatic rings. The summed E-state index contributed by atoms with van der Waals surface area (Å²) in [7, 11) is 0. The van der Waals surface area contributed by atoms with Crippen molar-refractivity contribution in [1.29, 1.82) is 0 Å². The number of halogens is 3. The van der Waals surface area contributed by atoms with E-state index in [1.54, 1.807) is 0 Å². The van der Waals surface area contributed by atoms with Crippen LogP contribution in [0.25, 0.3) is 21.8 Å². The van der Waals surface area contributed by atoms with Gasteiger partial charge < -0.3 is 15.0 Å². The molecule has 3 aromatic carbocycles. The maximum Gasteiger partial charge on any atom is 0.0891 e. The molecule has 0 aliphatic rings. The molecule has 0 bridgehead atoms. The topological polar surface area (TPSA) is 37.2 Å². The molecule has 0 unspecified atom stereocenters. The number of aliphatic hydroxyl groups is 1. The Morgan fingerprint density at radius 1 is 1.00 bits per heavy atom. The number of nitrogens with one attached hydrogen (secondary N) is 1. The van der Waals surface area contributed by atoms with Gasteiger partial charge in [0.1, 0.15) is 0 Å². The summed E-state index contributed by atoms with van der Waals surface area (Å²) < 4.78 is 4.64. The summed E-state index contributed by atoms with van der Waals surface area (Å²) in [4.78, 5) is 0. The Morgan fingerprint density at radius 2 is 1.61 bits per heavy atom. The third-order valence-corrected chi connectivity index (χ3v) is 6.73. The lowest BCUT2D eigenvalue weighted by atomic mass is 10.2. The lowest BCUT2D eigenvalue weighted by molar-refractivity contribution is 0.169. The van der Waals surface area contributed by atoms with Crippen LogP contribution >= 0.6 is 56.8 Å². The second kappa shape index (κ2) is 8.38. The van der Waals surface area contributed by atoms with Crippen molar-refractivity contribution >= 4 is 84.3 Å². The van der Waals surface area contributed by atoms with Gasteiger partial charge in [-0.2, -0.15) is 0 Å². The van der Waals surface area contributed by atoms with E-state index in [1.807, 2.05) is 25.1 Å². The standard InChI is InChI=1S/C22H19ClI2N2O/c1-13-19(23)3-2-4-20(13)26-11-16(28)12-27-21-7-5-14(24)9-17(21)18-10-15(25)6-8-22(18)27/h2-10,16,26,28H,11-12H2,1H3/t16-/m1/s1. The average Bonchev–Trinajstić information content (AvgIpc) is 2.95. The van der Waals surface area contributed by atoms with Crippen molar-refractivity contribution in [2.45, 2.75) is 19.6 Å². The van der Waals surface area contributed by atoms with Gasteiger partial charge in [0.15, 0.2) is 0 Å². The molecule has 4 rings (SSSR count). The predicted octanol–water partition coefficient (Wildman–Crippen LogP) is 6.44. The molecule has 1 aromatic heterocycles. The van der Waals surface area contributed by atoms with Crippen LogP contribution in [0.4, 0.5) is 5.69 Å². The highest BCUT2D eigenvalue weighted by Gasteiger charge is 2.15. The molecule has 0 saturated carbocycles. The number of aromatic nitrogens is 1. The molecule has 1 heterocycles. The van der Waals surface area contributed by atoms with Crippen LogP contribution in [0, 0.1) is 14.1 Å². The molecule has 0 radical (unpaired) electrons. The predicted molar refractivity (Wildman–Crippen MR) is 136 cm³/mol. The minimum atomic E-state index is -0.532. The zero-order chi connectivity index (χ0) is 19.8. The number of hydrogen-bond acceptors (Lipinski definition) is 2. The molecular formula is C22H19ClI2N2O. The Hall–Kier alpha value is -1.03. The number of anilines is 1. The first-order valence-electron chi connectivity index (χ1n) is 8.98. The maximum atomic E-state index is 10.8. The van der Waals surface area contributed by atoms with E-state index in [4.69, 9.17) is 11.6 Å². The van der Waals surface area contributed by atoms with Gasteiger partial charge in [-0.3, -0.25) is 0 Å². The van der Waals surface area contributed by atoms with Crippen molar-refractivity contribution in [3.05, 3.63) is 72.3 Å². The number of rotatable bonds is 5. The van der Waals surface area contributed by atoms with Gasteiger partial charge in [-0.1, -0.05) is 17.7 Å². The van der Waals surface area contributed by atoms with E-state index >= 15 is 0 Å². The molecule has 144 valence electrons. The van der Waals surface area contributed by atoms with E-state index in [2.05, 4.69) is 91.5 Å². The number of fused-ring (bicyclic) bond motifs is 3. The molecule has 6 heteroatoms. The smallest absolute Gasteiger partial charge is 0.0891 e. The summed E-state index contributed by atoms with van der Waals surface area (Å²) in [6.07, 6.45) is -0.532. The highest BCUT2D eigenvalue weighted by molar-refractivity contribution is 14.1. The van der Waals surface area contributed by atoms with Gasteiger partial charge in [0.2, 0.25) is 0 Å². The normalized spacial score (nSPS) is 12.6. The molecule has 0 saturated heterocycles. The molecule has 28 heavy (non-hydrogen) atoms. The van der Waals surface area contributed by atoms with Crippen LogP contribution in [-0.2, 0) is 6.54 Å². The Bertz CT molecular complexity index is 1110. The van der Waals surface area contributed by atoms with Crippen molar-refractivity contribution in [1.82, 2.24) is 4.57 Å². The minimum absolute atomic E-state index is 0.455.